The first-order valence-corrected chi connectivity index (χ1v) is 15.5. The highest BCUT2D eigenvalue weighted by molar-refractivity contribution is 5.91. The van der Waals surface area contributed by atoms with Crippen molar-refractivity contribution in [3.8, 4) is 11.5 Å². The minimum absolute atomic E-state index is 0.0507. The number of carbonyl (C=O) groups excluding carboxylic acids is 1. The normalized spacial score (nSPS) is 18.0. The number of nitrogens with zero attached hydrogens (tertiary/aromatic N) is 1. The second kappa shape index (κ2) is 13.4. The highest BCUT2D eigenvalue weighted by atomic mass is 16.6. The molecular formula is C36H38N4O7. The van der Waals surface area contributed by atoms with Crippen molar-refractivity contribution in [3.05, 3.63) is 118 Å². The van der Waals surface area contributed by atoms with Crippen LogP contribution in [0.25, 0.3) is 11.0 Å². The number of aromatic nitrogens is 3. The number of anilines is 1. The van der Waals surface area contributed by atoms with E-state index in [9.17, 15) is 14.7 Å². The summed E-state index contributed by atoms with van der Waals surface area (Å²) in [5.41, 5.74) is 2.03. The fourth-order valence-corrected chi connectivity index (χ4v) is 5.89. The number of aliphatic hydroxyl groups is 1. The monoisotopic (exact) mass is 638 g/mol. The van der Waals surface area contributed by atoms with Crippen LogP contribution in [0.15, 0.2) is 89.7 Å². The molecule has 0 radical (unpaired) electrons. The van der Waals surface area contributed by atoms with Crippen LogP contribution in [0.1, 0.15) is 48.8 Å². The molecule has 5 aromatic rings. The molecule has 11 nitrogen and oxygen atoms in total. The van der Waals surface area contributed by atoms with E-state index in [2.05, 4.69) is 20.3 Å². The highest BCUT2D eigenvalue weighted by Gasteiger charge is 2.42. The number of methoxy groups -OCH3 is 2. The Balaban J connectivity index is 1.31. The summed E-state index contributed by atoms with van der Waals surface area (Å²) < 4.78 is 24.2. The molecule has 0 aliphatic carbocycles. The number of rotatable bonds is 11. The van der Waals surface area contributed by atoms with E-state index in [4.69, 9.17) is 18.9 Å². The molecule has 0 saturated carbocycles. The van der Waals surface area contributed by atoms with E-state index < -0.39 is 29.5 Å². The van der Waals surface area contributed by atoms with E-state index in [1.165, 1.54) is 0 Å². The summed E-state index contributed by atoms with van der Waals surface area (Å²) in [5.74, 6) is 0.938. The van der Waals surface area contributed by atoms with Gasteiger partial charge in [-0.05, 0) is 47.0 Å². The van der Waals surface area contributed by atoms with E-state index in [0.29, 0.717) is 28.2 Å². The summed E-state index contributed by atoms with van der Waals surface area (Å²) in [4.78, 5) is 35.1. The maximum atomic E-state index is 12.8. The number of amides is 1. The standard InChI is InChI=1S/C36H38N4O7/c1-21(2)33(42)39-35-38-32-27(34(43)40-35)18-28(37-32)30-19-29(41)31(47-30)20-46-36(22-8-6-5-7-9-22,23-10-14-25(44-3)15-11-23)24-12-16-26(45-4)17-13-24/h5-18,21,29-31,41H,19-20H2,1-4H3,(H3,37,38,39,40,42,43)/t29-,30-,31+/m0/s1. The van der Waals surface area contributed by atoms with Crippen LogP contribution in [0.5, 0.6) is 11.5 Å². The average Bonchev–Trinajstić information content (AvgIpc) is 3.69. The number of aliphatic hydroxyl groups excluding tert-OH is 1. The molecule has 3 aromatic carbocycles. The van der Waals surface area contributed by atoms with Crippen LogP contribution < -0.4 is 20.3 Å². The predicted molar refractivity (Wildman–Crippen MR) is 177 cm³/mol. The van der Waals surface area contributed by atoms with Crippen molar-refractivity contribution in [2.24, 2.45) is 5.92 Å². The summed E-state index contributed by atoms with van der Waals surface area (Å²) in [6.07, 6.45) is -1.80. The van der Waals surface area contributed by atoms with Crippen molar-refractivity contribution >= 4 is 22.9 Å². The summed E-state index contributed by atoms with van der Waals surface area (Å²) in [5, 5.41) is 14.2. The molecule has 1 saturated heterocycles. The Morgan fingerprint density at radius 1 is 0.957 bits per heavy atom. The van der Waals surface area contributed by atoms with Gasteiger partial charge in [0.1, 0.15) is 35.0 Å². The largest absolute Gasteiger partial charge is 0.497 e. The molecule has 11 heteroatoms. The Labute approximate surface area is 271 Å². The lowest BCUT2D eigenvalue weighted by atomic mass is 9.80. The average molecular weight is 639 g/mol. The van der Waals surface area contributed by atoms with Crippen molar-refractivity contribution in [1.82, 2.24) is 15.0 Å². The Kier molecular flexibility index (Phi) is 9.12. The zero-order valence-corrected chi connectivity index (χ0v) is 26.7. The van der Waals surface area contributed by atoms with Crippen LogP contribution in [-0.4, -0.2) is 59.0 Å². The maximum Gasteiger partial charge on any atom is 0.261 e. The van der Waals surface area contributed by atoms with Gasteiger partial charge < -0.3 is 29.0 Å². The molecule has 1 aliphatic rings. The quantitative estimate of drug-likeness (QED) is 0.147. The van der Waals surface area contributed by atoms with Crippen LogP contribution in [0, 0.1) is 5.92 Å². The van der Waals surface area contributed by atoms with Crippen molar-refractivity contribution in [1.29, 1.82) is 0 Å². The minimum atomic E-state index is -1.07. The molecule has 6 rings (SSSR count). The molecule has 1 fully saturated rings. The lowest BCUT2D eigenvalue weighted by molar-refractivity contribution is -0.118. The third-order valence-electron chi connectivity index (χ3n) is 8.49. The Morgan fingerprint density at radius 2 is 1.55 bits per heavy atom. The molecule has 47 heavy (non-hydrogen) atoms. The fourth-order valence-electron chi connectivity index (χ4n) is 5.89. The molecule has 3 atom stereocenters. The Morgan fingerprint density at radius 3 is 2.13 bits per heavy atom. The van der Waals surface area contributed by atoms with Crippen LogP contribution >= 0.6 is 0 Å². The van der Waals surface area contributed by atoms with Gasteiger partial charge in [0.15, 0.2) is 0 Å². The second-order valence-electron chi connectivity index (χ2n) is 11.8. The Hall–Kier alpha value is -4.97. The number of carbonyl (C=O) groups is 1. The zero-order valence-electron chi connectivity index (χ0n) is 26.7. The van der Waals surface area contributed by atoms with E-state index in [1.54, 1.807) is 34.1 Å². The minimum Gasteiger partial charge on any atom is -0.497 e. The highest BCUT2D eigenvalue weighted by Crippen LogP contribution is 2.43. The van der Waals surface area contributed by atoms with E-state index in [0.717, 1.165) is 16.7 Å². The summed E-state index contributed by atoms with van der Waals surface area (Å²) >= 11 is 0. The van der Waals surface area contributed by atoms with Gasteiger partial charge in [-0.3, -0.25) is 19.9 Å². The predicted octanol–water partition coefficient (Wildman–Crippen LogP) is 5.06. The number of hydrogen-bond donors (Lipinski definition) is 4. The van der Waals surface area contributed by atoms with E-state index >= 15 is 0 Å². The third kappa shape index (κ3) is 6.37. The number of ether oxygens (including phenoxy) is 4. The first-order chi connectivity index (χ1) is 22.7. The van der Waals surface area contributed by atoms with Gasteiger partial charge >= 0.3 is 0 Å². The molecule has 244 valence electrons. The number of H-pyrrole nitrogens is 2. The SMILES string of the molecule is COc1ccc(C(OC[C@H]2O[C@H](c3cc4c(=O)[nH]c(NC(=O)C(C)C)nc4[nH]3)C[C@@H]2O)(c2ccccc2)c2ccc(OC)cc2)cc1. The molecule has 1 amide bonds. The van der Waals surface area contributed by atoms with Gasteiger partial charge in [0.2, 0.25) is 11.9 Å². The summed E-state index contributed by atoms with van der Waals surface area (Å²) in [6.45, 7) is 3.55. The Bertz CT molecular complexity index is 1840. The summed E-state index contributed by atoms with van der Waals surface area (Å²) in [6, 6.07) is 27.0. The number of benzene rings is 3. The molecule has 0 spiro atoms. The van der Waals surface area contributed by atoms with Crippen LogP contribution in [0.4, 0.5) is 5.95 Å². The van der Waals surface area contributed by atoms with Crippen molar-refractivity contribution in [2.75, 3.05) is 26.1 Å². The number of fused-ring (bicyclic) bond motifs is 1. The smallest absolute Gasteiger partial charge is 0.261 e. The number of aromatic amines is 2. The lowest BCUT2D eigenvalue weighted by Crippen LogP contribution is -2.38. The van der Waals surface area contributed by atoms with Crippen molar-refractivity contribution in [3.63, 3.8) is 0 Å². The number of hydrogen-bond acceptors (Lipinski definition) is 8. The number of nitrogens with one attached hydrogen (secondary N) is 3. The third-order valence-corrected chi connectivity index (χ3v) is 8.49. The fraction of sp³-hybridized carbons (Fsp3) is 0.306. The molecule has 1 aliphatic heterocycles. The molecular weight excluding hydrogens is 600 g/mol. The van der Waals surface area contributed by atoms with Crippen LogP contribution in [0.3, 0.4) is 0 Å². The van der Waals surface area contributed by atoms with Crippen LogP contribution in [0.2, 0.25) is 0 Å². The summed E-state index contributed by atoms with van der Waals surface area (Å²) in [7, 11) is 3.25. The van der Waals surface area contributed by atoms with Gasteiger partial charge in [0, 0.05) is 18.0 Å². The first kappa shape index (κ1) is 32.0. The molecule has 0 unspecified atom stereocenters. The van der Waals surface area contributed by atoms with Gasteiger partial charge in [-0.25, -0.2) is 0 Å². The van der Waals surface area contributed by atoms with Crippen LogP contribution in [-0.2, 0) is 19.9 Å². The van der Waals surface area contributed by atoms with Gasteiger partial charge in [0.25, 0.3) is 5.56 Å². The topological polar surface area (TPSA) is 148 Å². The molecule has 0 bridgehead atoms. The van der Waals surface area contributed by atoms with Gasteiger partial charge in [-0.1, -0.05) is 68.4 Å². The zero-order chi connectivity index (χ0) is 33.1. The van der Waals surface area contributed by atoms with Gasteiger partial charge in [0.05, 0.1) is 32.3 Å². The van der Waals surface area contributed by atoms with Crippen molar-refractivity contribution < 1.29 is 28.8 Å². The molecule has 3 heterocycles. The lowest BCUT2D eigenvalue weighted by Gasteiger charge is -2.37. The molecule has 4 N–H and O–H groups in total. The van der Waals surface area contributed by atoms with E-state index in [-0.39, 0.29) is 30.8 Å². The first-order valence-electron chi connectivity index (χ1n) is 15.5. The van der Waals surface area contributed by atoms with Gasteiger partial charge in [-0.2, -0.15) is 4.98 Å². The van der Waals surface area contributed by atoms with Gasteiger partial charge in [-0.15, -0.1) is 0 Å². The van der Waals surface area contributed by atoms with Crippen molar-refractivity contribution in [2.45, 2.75) is 44.2 Å². The molecule has 2 aromatic heterocycles. The second-order valence-corrected chi connectivity index (χ2v) is 11.8. The maximum absolute atomic E-state index is 12.8. The van der Waals surface area contributed by atoms with E-state index in [1.807, 2.05) is 78.9 Å².